The molecule has 2 rings (SSSR count). The second kappa shape index (κ2) is 9.41. The molecule has 0 radical (unpaired) electrons. The van der Waals surface area contributed by atoms with E-state index in [1.807, 2.05) is 5.32 Å². The van der Waals surface area contributed by atoms with Crippen LogP contribution in [0.1, 0.15) is 12.8 Å². The summed E-state index contributed by atoms with van der Waals surface area (Å²) >= 11 is 5.71. The first-order valence-corrected chi connectivity index (χ1v) is 9.85. The van der Waals surface area contributed by atoms with Crippen molar-refractivity contribution < 1.29 is 47.3 Å². The minimum absolute atomic E-state index is 0.263. The van der Waals surface area contributed by atoms with E-state index in [1.165, 1.54) is 12.1 Å². The van der Waals surface area contributed by atoms with Crippen molar-refractivity contribution in [1.29, 1.82) is 0 Å². The maximum Gasteiger partial charge on any atom is 0.414 e. The molecule has 0 bridgehead atoms. The number of ether oxygens (including phenoxy) is 1. The Balaban J connectivity index is 2.07. The van der Waals surface area contributed by atoms with Crippen LogP contribution < -0.4 is 15.0 Å². The van der Waals surface area contributed by atoms with Gasteiger partial charge in [-0.15, -0.1) is 0 Å². The summed E-state index contributed by atoms with van der Waals surface area (Å²) in [4.78, 5) is 32.7. The first-order valence-electron chi connectivity index (χ1n) is 7.99. The highest BCUT2D eigenvalue weighted by Crippen LogP contribution is 2.26. The first-order chi connectivity index (χ1) is 14.0. The lowest BCUT2D eigenvalue weighted by molar-refractivity contribution is -0.832. The van der Waals surface area contributed by atoms with Gasteiger partial charge in [-0.05, 0) is 29.2 Å². The summed E-state index contributed by atoms with van der Waals surface area (Å²) in [5.41, 5.74) is 0. The predicted octanol–water partition coefficient (Wildman–Crippen LogP) is -0.393. The molecule has 0 aliphatic rings. The van der Waals surface area contributed by atoms with E-state index in [4.69, 9.17) is 26.6 Å². The lowest BCUT2D eigenvalue weighted by Gasteiger charge is -2.12. The van der Waals surface area contributed by atoms with Gasteiger partial charge in [-0.1, -0.05) is 11.6 Å². The van der Waals surface area contributed by atoms with Gasteiger partial charge in [-0.25, -0.2) is 13.2 Å². The van der Waals surface area contributed by atoms with Gasteiger partial charge in [0.1, 0.15) is 12.6 Å². The zero-order valence-electron chi connectivity index (χ0n) is 14.8. The standard InChI is InChI=1S/C15H14ClN3O10S/c16-8-1-3-9(4-2-8)30(26,27)14-13(18-29-19(14)25)28-6-5-11(20)17-10(15(23)24)7-12(21)22/h1-4,10H,5-7H2,(H,17,20)(H,21,22)(H,23,24)/t10-/m0/s1. The van der Waals surface area contributed by atoms with Gasteiger partial charge >= 0.3 is 22.8 Å². The van der Waals surface area contributed by atoms with Crippen molar-refractivity contribution in [3.63, 3.8) is 0 Å². The minimum Gasteiger partial charge on any atom is -0.481 e. The van der Waals surface area contributed by atoms with Crippen molar-refractivity contribution in [1.82, 2.24) is 10.5 Å². The molecule has 0 spiro atoms. The maximum atomic E-state index is 12.6. The van der Waals surface area contributed by atoms with Gasteiger partial charge in [0.05, 0.1) is 22.9 Å². The Morgan fingerprint density at radius 2 is 1.90 bits per heavy atom. The molecule has 0 saturated carbocycles. The number of hydrogen-bond donors (Lipinski definition) is 3. The number of amides is 1. The van der Waals surface area contributed by atoms with Gasteiger partial charge in [0.15, 0.2) is 0 Å². The maximum absolute atomic E-state index is 12.6. The van der Waals surface area contributed by atoms with Gasteiger partial charge in [0.25, 0.3) is 9.84 Å². The van der Waals surface area contributed by atoms with E-state index >= 15 is 0 Å². The number of aliphatic carboxylic acids is 2. The molecule has 3 N–H and O–H groups in total. The lowest BCUT2D eigenvalue weighted by Crippen LogP contribution is -2.42. The molecule has 1 amide bonds. The molecular weight excluding hydrogens is 450 g/mol. The summed E-state index contributed by atoms with van der Waals surface area (Å²) in [6, 6.07) is 3.22. The van der Waals surface area contributed by atoms with Crippen LogP contribution in [0.3, 0.4) is 0 Å². The fourth-order valence-corrected chi connectivity index (χ4v) is 3.54. The van der Waals surface area contributed by atoms with E-state index in [2.05, 4.69) is 9.79 Å². The number of nitrogens with zero attached hydrogens (tertiary/aromatic N) is 2. The molecule has 30 heavy (non-hydrogen) atoms. The fourth-order valence-electron chi connectivity index (χ4n) is 2.14. The third kappa shape index (κ3) is 5.57. The first kappa shape index (κ1) is 22.9. The Labute approximate surface area is 173 Å². The number of carbonyl (C=O) groups is 3. The zero-order chi connectivity index (χ0) is 22.5. The largest absolute Gasteiger partial charge is 0.481 e. The van der Waals surface area contributed by atoms with E-state index in [0.29, 0.717) is 0 Å². The number of sulfone groups is 1. The predicted molar refractivity (Wildman–Crippen MR) is 94.3 cm³/mol. The van der Waals surface area contributed by atoms with Crippen molar-refractivity contribution in [3.05, 3.63) is 34.5 Å². The number of benzene rings is 1. The number of nitrogens with one attached hydrogen (secondary N) is 1. The summed E-state index contributed by atoms with van der Waals surface area (Å²) in [7, 11) is -4.40. The number of carboxylic acids is 2. The monoisotopic (exact) mass is 463 g/mol. The van der Waals surface area contributed by atoms with Crippen LogP contribution in [-0.2, 0) is 24.2 Å². The molecule has 2 aromatic rings. The van der Waals surface area contributed by atoms with E-state index in [9.17, 15) is 28.0 Å². The molecule has 0 aliphatic heterocycles. The number of rotatable bonds is 10. The molecule has 1 aromatic carbocycles. The third-order valence-electron chi connectivity index (χ3n) is 3.51. The molecule has 15 heteroatoms. The highest BCUT2D eigenvalue weighted by atomic mass is 35.5. The van der Waals surface area contributed by atoms with Crippen molar-refractivity contribution in [2.75, 3.05) is 6.61 Å². The number of carboxylic acid groups (broad SMARTS) is 2. The molecule has 1 heterocycles. The average Bonchev–Trinajstić information content (AvgIpc) is 3.02. The Morgan fingerprint density at radius 3 is 2.47 bits per heavy atom. The van der Waals surface area contributed by atoms with Gasteiger partial charge in [-0.3, -0.25) is 14.2 Å². The Bertz CT molecular complexity index is 1050. The van der Waals surface area contributed by atoms with E-state index < -0.39 is 64.1 Å². The molecule has 0 fully saturated rings. The average molecular weight is 464 g/mol. The van der Waals surface area contributed by atoms with Gasteiger partial charge in [0, 0.05) is 5.02 Å². The van der Waals surface area contributed by atoms with Crippen LogP contribution in [0.5, 0.6) is 5.88 Å². The van der Waals surface area contributed by atoms with Crippen LogP contribution in [0.15, 0.2) is 38.8 Å². The van der Waals surface area contributed by atoms with E-state index in [-0.39, 0.29) is 14.8 Å². The molecule has 0 unspecified atom stereocenters. The zero-order valence-corrected chi connectivity index (χ0v) is 16.4. The van der Waals surface area contributed by atoms with Crippen LogP contribution in [0.25, 0.3) is 0 Å². The highest BCUT2D eigenvalue weighted by Gasteiger charge is 2.36. The van der Waals surface area contributed by atoms with Crippen LogP contribution in [0.2, 0.25) is 5.02 Å². The second-order valence-electron chi connectivity index (χ2n) is 5.65. The number of halogens is 1. The summed E-state index contributed by atoms with van der Waals surface area (Å²) < 4.78 is 34.5. The normalized spacial score (nSPS) is 12.2. The smallest absolute Gasteiger partial charge is 0.414 e. The minimum atomic E-state index is -4.40. The lowest BCUT2D eigenvalue weighted by atomic mass is 10.2. The van der Waals surface area contributed by atoms with Crippen molar-refractivity contribution in [2.45, 2.75) is 28.8 Å². The topological polar surface area (TPSA) is 200 Å². The molecular formula is C15H14ClN3O10S. The van der Waals surface area contributed by atoms with Crippen LogP contribution in [-0.4, -0.2) is 54.3 Å². The molecule has 0 aliphatic carbocycles. The number of hydrogen-bond acceptors (Lipinski definition) is 9. The molecule has 0 saturated heterocycles. The molecule has 1 atom stereocenters. The number of aromatic nitrogens is 2. The Morgan fingerprint density at radius 1 is 1.27 bits per heavy atom. The van der Waals surface area contributed by atoms with E-state index in [0.717, 1.165) is 12.1 Å². The summed E-state index contributed by atoms with van der Waals surface area (Å²) in [5.74, 6) is -4.58. The molecule has 1 aromatic heterocycles. The Hall–Kier alpha value is -3.39. The summed E-state index contributed by atoms with van der Waals surface area (Å²) in [5, 5.41) is 33.7. The fraction of sp³-hybridized carbons (Fsp3) is 0.267. The van der Waals surface area contributed by atoms with Gasteiger partial charge in [-0.2, -0.15) is 0 Å². The SMILES string of the molecule is O=C(O)C[C@H](NC(=O)CCOc1no[n+]([O-])c1S(=O)(=O)c1ccc(Cl)cc1)C(=O)O. The molecule has 162 valence electrons. The van der Waals surface area contributed by atoms with Crippen LogP contribution in [0.4, 0.5) is 0 Å². The number of carbonyl (C=O) groups excluding carboxylic acids is 1. The van der Waals surface area contributed by atoms with Gasteiger partial charge < -0.3 is 25.5 Å². The van der Waals surface area contributed by atoms with E-state index in [1.54, 1.807) is 0 Å². The second-order valence-corrected chi connectivity index (χ2v) is 7.95. The third-order valence-corrected chi connectivity index (χ3v) is 5.48. The van der Waals surface area contributed by atoms with Crippen molar-refractivity contribution >= 4 is 39.3 Å². The Kier molecular flexibility index (Phi) is 7.18. The van der Waals surface area contributed by atoms with Crippen LogP contribution in [0, 0.1) is 5.21 Å². The quantitative estimate of drug-likeness (QED) is 0.387. The summed E-state index contributed by atoms with van der Waals surface area (Å²) in [6.45, 7) is -0.513. The highest BCUT2D eigenvalue weighted by molar-refractivity contribution is 7.91. The van der Waals surface area contributed by atoms with Gasteiger partial charge in [0.2, 0.25) is 5.91 Å². The molecule has 13 nitrogen and oxygen atoms in total. The van der Waals surface area contributed by atoms with Crippen molar-refractivity contribution in [3.8, 4) is 5.88 Å². The summed E-state index contributed by atoms with van der Waals surface area (Å²) in [6.07, 6.45) is -1.33. The van der Waals surface area contributed by atoms with Crippen molar-refractivity contribution in [2.24, 2.45) is 0 Å². The van der Waals surface area contributed by atoms with Crippen LogP contribution >= 0.6 is 11.6 Å².